The van der Waals surface area contributed by atoms with E-state index in [-0.39, 0.29) is 5.82 Å². The van der Waals surface area contributed by atoms with Crippen molar-refractivity contribution < 1.29 is 0 Å². The van der Waals surface area contributed by atoms with Gasteiger partial charge in [-0.25, -0.2) is 0 Å². The second kappa shape index (κ2) is 7.94. The number of benzene rings is 1. The minimum Gasteiger partial charge on any atom is -0.381 e. The van der Waals surface area contributed by atoms with Crippen LogP contribution in [0.4, 0.5) is 17.5 Å². The quantitative estimate of drug-likeness (QED) is 0.391. The Morgan fingerprint density at radius 1 is 1.16 bits per heavy atom. The highest BCUT2D eigenvalue weighted by Gasteiger charge is 2.09. The summed E-state index contributed by atoms with van der Waals surface area (Å²) < 4.78 is 0. The molecule has 0 radical (unpaired) electrons. The fourth-order valence-corrected chi connectivity index (χ4v) is 2.35. The van der Waals surface area contributed by atoms with Crippen LogP contribution in [0, 0.1) is 11.3 Å². The number of hydrogen-bond donors (Lipinski definition) is 5. The third kappa shape index (κ3) is 4.33. The van der Waals surface area contributed by atoms with E-state index in [1.54, 1.807) is 0 Å². The lowest BCUT2D eigenvalue weighted by Crippen LogP contribution is -2.16. The summed E-state index contributed by atoms with van der Waals surface area (Å²) in [5.74, 6) is 1.61. The number of nitrogen functional groups attached to an aromatic ring is 1. The van der Waals surface area contributed by atoms with Crippen molar-refractivity contribution in [2.45, 2.75) is 19.4 Å². The smallest absolute Gasteiger partial charge is 0.246 e. The maximum atomic E-state index is 9.00. The summed E-state index contributed by atoms with van der Waals surface area (Å²) in [5, 5.41) is 29.1. The van der Waals surface area contributed by atoms with Crippen molar-refractivity contribution in [1.82, 2.24) is 30.7 Å². The summed E-state index contributed by atoms with van der Waals surface area (Å²) in [4.78, 5) is 4.41. The molecule has 3 rings (SSSR count). The van der Waals surface area contributed by atoms with Crippen molar-refractivity contribution >= 4 is 17.5 Å². The van der Waals surface area contributed by atoms with Gasteiger partial charge in [-0.15, -0.1) is 5.10 Å². The van der Waals surface area contributed by atoms with E-state index in [1.807, 2.05) is 36.4 Å². The fourth-order valence-electron chi connectivity index (χ4n) is 2.35. The van der Waals surface area contributed by atoms with Gasteiger partial charge in [0.1, 0.15) is 17.5 Å². The maximum Gasteiger partial charge on any atom is 0.246 e. The first kappa shape index (κ1) is 16.5. The maximum absolute atomic E-state index is 9.00. The number of aromatic amines is 2. The molecule has 9 nitrogen and oxygen atoms in total. The molecule has 9 heteroatoms. The highest BCUT2D eigenvalue weighted by Crippen LogP contribution is 2.12. The number of nitrogens with two attached hydrogens (primary N) is 1. The monoisotopic (exact) mass is 337 g/mol. The molecule has 0 unspecified atom stereocenters. The molecule has 2 aromatic heterocycles. The number of aryl methyl sites for hydroxylation is 1. The first-order valence-electron chi connectivity index (χ1n) is 7.93. The van der Waals surface area contributed by atoms with Crippen molar-refractivity contribution in [3.8, 4) is 6.07 Å². The number of nitriles is 1. The van der Waals surface area contributed by atoms with Crippen molar-refractivity contribution in [2.24, 2.45) is 0 Å². The van der Waals surface area contributed by atoms with Gasteiger partial charge in [-0.05, 0) is 25.1 Å². The molecule has 0 aliphatic carbocycles. The average Bonchev–Trinajstić information content (AvgIpc) is 3.22. The Bertz CT molecular complexity index is 844. The molecule has 128 valence electrons. The number of para-hydroxylation sites is 1. The predicted molar refractivity (Wildman–Crippen MR) is 93.9 cm³/mol. The molecule has 0 saturated carbocycles. The van der Waals surface area contributed by atoms with Crippen LogP contribution in [0.3, 0.4) is 0 Å². The number of anilines is 3. The molecule has 0 fully saturated rings. The Kier molecular flexibility index (Phi) is 5.23. The Labute approximate surface area is 144 Å². The summed E-state index contributed by atoms with van der Waals surface area (Å²) in [6, 6.07) is 11.8. The van der Waals surface area contributed by atoms with Crippen LogP contribution in [0.5, 0.6) is 0 Å². The molecule has 1 aromatic carbocycles. The molecule has 25 heavy (non-hydrogen) atoms. The number of rotatable bonds is 8. The zero-order valence-electron chi connectivity index (χ0n) is 13.6. The Morgan fingerprint density at radius 3 is 2.80 bits per heavy atom. The molecular weight excluding hydrogens is 318 g/mol. The van der Waals surface area contributed by atoms with E-state index in [2.05, 4.69) is 36.0 Å². The van der Waals surface area contributed by atoms with E-state index >= 15 is 0 Å². The topological polar surface area (TPSA) is 144 Å². The average molecular weight is 337 g/mol. The highest BCUT2D eigenvalue weighted by molar-refractivity contribution is 5.52. The van der Waals surface area contributed by atoms with Gasteiger partial charge in [0.05, 0.1) is 5.69 Å². The molecule has 0 bridgehead atoms. The van der Waals surface area contributed by atoms with E-state index in [4.69, 9.17) is 11.0 Å². The first-order chi connectivity index (χ1) is 12.3. The molecule has 6 N–H and O–H groups in total. The van der Waals surface area contributed by atoms with Gasteiger partial charge in [0.25, 0.3) is 0 Å². The van der Waals surface area contributed by atoms with E-state index in [1.165, 1.54) is 0 Å². The second-order valence-corrected chi connectivity index (χ2v) is 5.45. The van der Waals surface area contributed by atoms with Gasteiger partial charge in [0.15, 0.2) is 5.82 Å². The van der Waals surface area contributed by atoms with Crippen molar-refractivity contribution in [3.63, 3.8) is 0 Å². The Morgan fingerprint density at radius 2 is 2.00 bits per heavy atom. The van der Waals surface area contributed by atoms with Gasteiger partial charge in [0.2, 0.25) is 5.95 Å². The van der Waals surface area contributed by atoms with E-state index < -0.39 is 0 Å². The first-order valence-corrected chi connectivity index (χ1v) is 7.93. The summed E-state index contributed by atoms with van der Waals surface area (Å²) in [7, 11) is 0. The van der Waals surface area contributed by atoms with Crippen LogP contribution in [0.15, 0.2) is 30.3 Å². The molecule has 0 amide bonds. The van der Waals surface area contributed by atoms with Gasteiger partial charge in [-0.3, -0.25) is 10.2 Å². The van der Waals surface area contributed by atoms with Gasteiger partial charge < -0.3 is 16.4 Å². The normalized spacial score (nSPS) is 10.5. The zero-order valence-corrected chi connectivity index (χ0v) is 13.6. The number of nitrogens with one attached hydrogen (secondary N) is 4. The van der Waals surface area contributed by atoms with Crippen LogP contribution in [-0.4, -0.2) is 31.9 Å². The number of H-pyrrole nitrogens is 2. The largest absolute Gasteiger partial charge is 0.381 e. The highest BCUT2D eigenvalue weighted by atomic mass is 15.3. The lowest BCUT2D eigenvalue weighted by molar-refractivity contribution is 0.630. The Hall–Kier alpha value is -3.38. The van der Waals surface area contributed by atoms with Crippen LogP contribution in [-0.2, 0) is 13.0 Å². The number of nitrogens with zero attached hydrogens (tertiary/aromatic N) is 4. The summed E-state index contributed by atoms with van der Waals surface area (Å²) >= 11 is 0. The van der Waals surface area contributed by atoms with Crippen LogP contribution in [0.25, 0.3) is 0 Å². The summed E-state index contributed by atoms with van der Waals surface area (Å²) in [6.07, 6.45) is 1.65. The molecule has 2 heterocycles. The van der Waals surface area contributed by atoms with Crippen molar-refractivity contribution in [1.29, 1.82) is 5.26 Å². The van der Waals surface area contributed by atoms with E-state index in [0.29, 0.717) is 23.8 Å². The third-order valence-electron chi connectivity index (χ3n) is 3.61. The molecule has 0 spiro atoms. The molecule has 0 aliphatic heterocycles. The third-order valence-corrected chi connectivity index (χ3v) is 3.61. The van der Waals surface area contributed by atoms with Gasteiger partial charge in [-0.1, -0.05) is 18.2 Å². The van der Waals surface area contributed by atoms with Gasteiger partial charge in [-0.2, -0.15) is 15.3 Å². The SMILES string of the molecule is N#Cc1c(N)n[nH]c1CNCCCc1nc(Nc2ccccc2)n[nH]1. The molecule has 3 aromatic rings. The fraction of sp³-hybridized carbons (Fsp3) is 0.250. The van der Waals surface area contributed by atoms with Crippen molar-refractivity contribution in [2.75, 3.05) is 17.6 Å². The van der Waals surface area contributed by atoms with Crippen LogP contribution < -0.4 is 16.4 Å². The van der Waals surface area contributed by atoms with Crippen LogP contribution in [0.2, 0.25) is 0 Å². The molecule has 0 atom stereocenters. The lowest BCUT2D eigenvalue weighted by atomic mass is 10.2. The Balaban J connectivity index is 1.40. The number of hydrogen-bond acceptors (Lipinski definition) is 7. The van der Waals surface area contributed by atoms with Gasteiger partial charge >= 0.3 is 0 Å². The lowest BCUT2D eigenvalue weighted by Gasteiger charge is -2.02. The molecular formula is C16H19N9. The van der Waals surface area contributed by atoms with Crippen LogP contribution in [0.1, 0.15) is 23.5 Å². The standard InChI is InChI=1S/C16H19N9/c17-9-12-13(22-24-15(12)18)10-19-8-4-7-14-21-16(25-23-14)20-11-5-2-1-3-6-11/h1-3,5-6,19H,4,7-8,10H2,(H3,18,22,24)(H2,20,21,23,25). The summed E-state index contributed by atoms with van der Waals surface area (Å²) in [5.41, 5.74) is 7.65. The second-order valence-electron chi connectivity index (χ2n) is 5.45. The number of aromatic nitrogens is 5. The van der Waals surface area contributed by atoms with E-state index in [0.717, 1.165) is 30.9 Å². The minimum absolute atomic E-state index is 0.236. The van der Waals surface area contributed by atoms with Crippen LogP contribution >= 0.6 is 0 Å². The van der Waals surface area contributed by atoms with E-state index in [9.17, 15) is 0 Å². The van der Waals surface area contributed by atoms with Gasteiger partial charge in [0, 0.05) is 18.7 Å². The van der Waals surface area contributed by atoms with Crippen molar-refractivity contribution in [3.05, 3.63) is 47.4 Å². The minimum atomic E-state index is 0.236. The zero-order chi connectivity index (χ0) is 17.5. The summed E-state index contributed by atoms with van der Waals surface area (Å²) in [6.45, 7) is 1.29. The molecule has 0 saturated heterocycles. The predicted octanol–water partition coefficient (Wildman–Crippen LogP) is 1.45. The molecule has 0 aliphatic rings.